The van der Waals surface area contributed by atoms with Crippen LogP contribution >= 0.6 is 12.2 Å². The van der Waals surface area contributed by atoms with E-state index in [2.05, 4.69) is 23.7 Å². The second kappa shape index (κ2) is 5.36. The Kier molecular flexibility index (Phi) is 4.83. The minimum absolute atomic E-state index is 0.000000000000000222. The van der Waals surface area contributed by atoms with Crippen molar-refractivity contribution < 1.29 is 13.2 Å². The van der Waals surface area contributed by atoms with Gasteiger partial charge < -0.3 is 11.5 Å². The Labute approximate surface area is 78.3 Å². The van der Waals surface area contributed by atoms with Gasteiger partial charge >= 0.3 is 0 Å². The number of halogens is 3. The highest BCUT2D eigenvalue weighted by Crippen LogP contribution is 2.07. The highest BCUT2D eigenvalue weighted by atomic mass is 32.1. The summed E-state index contributed by atoms with van der Waals surface area (Å²) in [6.45, 7) is 0. The average Bonchev–Trinajstić information content (AvgIpc) is 1.99. The molecule has 0 unspecified atom stereocenters. The number of rotatable bonds is 0. The van der Waals surface area contributed by atoms with Crippen LogP contribution in [0.1, 0.15) is 0 Å². The molecule has 13 heavy (non-hydrogen) atoms. The van der Waals surface area contributed by atoms with Crippen molar-refractivity contribution in [2.75, 3.05) is 0 Å². The summed E-state index contributed by atoms with van der Waals surface area (Å²) in [4.78, 5) is 0. The largest absolute Gasteiger partial charge is 0.377 e. The molecular formula is C7H7F3N2S. The predicted molar refractivity (Wildman–Crippen MR) is 47.3 cm³/mol. The first-order chi connectivity index (χ1) is 5.95. The molecule has 0 fully saturated rings. The van der Waals surface area contributed by atoms with Crippen molar-refractivity contribution in [3.63, 3.8) is 0 Å². The quantitative estimate of drug-likeness (QED) is 0.499. The van der Waals surface area contributed by atoms with E-state index in [1.807, 2.05) is 0 Å². The lowest BCUT2D eigenvalue weighted by Crippen LogP contribution is -2.18. The Morgan fingerprint density at radius 2 is 1.38 bits per heavy atom. The summed E-state index contributed by atoms with van der Waals surface area (Å²) in [6.07, 6.45) is 0. The lowest BCUT2D eigenvalue weighted by atomic mass is 10.3. The highest BCUT2D eigenvalue weighted by molar-refractivity contribution is 7.80. The van der Waals surface area contributed by atoms with Gasteiger partial charge in [0, 0.05) is 0 Å². The van der Waals surface area contributed by atoms with Crippen LogP contribution in [-0.4, -0.2) is 5.11 Å². The lowest BCUT2D eigenvalue weighted by Gasteiger charge is -1.90. The summed E-state index contributed by atoms with van der Waals surface area (Å²) in [7, 11) is 0. The monoisotopic (exact) mass is 208 g/mol. The van der Waals surface area contributed by atoms with Crippen LogP contribution in [0.5, 0.6) is 0 Å². The van der Waals surface area contributed by atoms with E-state index in [1.54, 1.807) is 0 Å². The van der Waals surface area contributed by atoms with E-state index in [0.717, 1.165) is 18.2 Å². The molecule has 72 valence electrons. The van der Waals surface area contributed by atoms with Gasteiger partial charge in [0.1, 0.15) is 0 Å². The minimum Gasteiger partial charge on any atom is -0.377 e. The van der Waals surface area contributed by atoms with Crippen LogP contribution in [-0.2, 0) is 0 Å². The Bertz CT molecular complexity index is 280. The zero-order chi connectivity index (χ0) is 10.4. The van der Waals surface area contributed by atoms with Crippen LogP contribution in [0.3, 0.4) is 0 Å². The summed E-state index contributed by atoms with van der Waals surface area (Å²) < 4.78 is 35.9. The van der Waals surface area contributed by atoms with E-state index in [0.29, 0.717) is 0 Å². The first kappa shape index (κ1) is 11.7. The van der Waals surface area contributed by atoms with Crippen LogP contribution in [0.4, 0.5) is 13.2 Å². The third-order valence-electron chi connectivity index (χ3n) is 0.904. The van der Waals surface area contributed by atoms with Gasteiger partial charge in [-0.2, -0.15) is 0 Å². The van der Waals surface area contributed by atoms with Crippen molar-refractivity contribution in [3.8, 4) is 0 Å². The van der Waals surface area contributed by atoms with E-state index in [-0.39, 0.29) is 5.11 Å². The number of benzene rings is 1. The summed E-state index contributed by atoms with van der Waals surface area (Å²) in [6, 6.07) is 2.82. The Morgan fingerprint density at radius 3 is 1.62 bits per heavy atom. The van der Waals surface area contributed by atoms with Crippen molar-refractivity contribution in [3.05, 3.63) is 35.7 Å². The van der Waals surface area contributed by atoms with E-state index in [4.69, 9.17) is 0 Å². The SMILES string of the molecule is Fc1cccc(F)c1F.NC(N)=S. The molecule has 0 amide bonds. The topological polar surface area (TPSA) is 52.0 Å². The summed E-state index contributed by atoms with van der Waals surface area (Å²) >= 11 is 4.09. The molecule has 1 aromatic carbocycles. The third-order valence-corrected chi connectivity index (χ3v) is 0.904. The normalized spacial score (nSPS) is 8.54. The summed E-state index contributed by atoms with van der Waals surface area (Å²) in [5, 5.41) is 0.000000000000000222. The molecule has 0 atom stereocenters. The molecule has 4 N–H and O–H groups in total. The zero-order valence-corrected chi connectivity index (χ0v) is 7.25. The van der Waals surface area contributed by atoms with Gasteiger partial charge in [-0.05, 0) is 24.4 Å². The van der Waals surface area contributed by atoms with Crippen molar-refractivity contribution >= 4 is 17.3 Å². The van der Waals surface area contributed by atoms with E-state index < -0.39 is 17.5 Å². The second-order valence-corrected chi connectivity index (χ2v) is 2.41. The van der Waals surface area contributed by atoms with Crippen molar-refractivity contribution in [1.82, 2.24) is 0 Å². The maximum atomic E-state index is 12.0. The van der Waals surface area contributed by atoms with Gasteiger partial charge in [-0.15, -0.1) is 0 Å². The standard InChI is InChI=1S/C6H3F3.CH4N2S/c7-4-2-1-3-5(8)6(4)9;2-1(3)4/h1-3H;(H4,2,3,4). The molecule has 0 spiro atoms. The Balaban J connectivity index is 0.000000310. The van der Waals surface area contributed by atoms with Gasteiger partial charge in [0.2, 0.25) is 0 Å². The van der Waals surface area contributed by atoms with Gasteiger partial charge in [0.15, 0.2) is 22.6 Å². The van der Waals surface area contributed by atoms with Gasteiger partial charge in [0.05, 0.1) is 0 Å². The molecule has 0 aromatic heterocycles. The molecule has 0 heterocycles. The maximum Gasteiger partial charge on any atom is 0.194 e. The molecule has 0 bridgehead atoms. The van der Waals surface area contributed by atoms with Gasteiger partial charge in [-0.25, -0.2) is 13.2 Å². The highest BCUT2D eigenvalue weighted by Gasteiger charge is 2.04. The number of hydrogen-bond donors (Lipinski definition) is 2. The fourth-order valence-electron chi connectivity index (χ4n) is 0.477. The molecule has 0 saturated carbocycles. The number of hydrogen-bond acceptors (Lipinski definition) is 1. The van der Waals surface area contributed by atoms with Gasteiger partial charge in [-0.1, -0.05) is 6.07 Å². The average molecular weight is 208 g/mol. The minimum atomic E-state index is -1.42. The molecule has 1 aromatic rings. The van der Waals surface area contributed by atoms with Crippen molar-refractivity contribution in [2.45, 2.75) is 0 Å². The number of nitrogens with two attached hydrogens (primary N) is 2. The fourth-order valence-corrected chi connectivity index (χ4v) is 0.477. The first-order valence-electron chi connectivity index (χ1n) is 3.09. The molecular weight excluding hydrogens is 201 g/mol. The zero-order valence-electron chi connectivity index (χ0n) is 6.43. The first-order valence-corrected chi connectivity index (χ1v) is 3.50. The molecule has 0 aliphatic rings. The van der Waals surface area contributed by atoms with Crippen LogP contribution in [0.25, 0.3) is 0 Å². The van der Waals surface area contributed by atoms with Gasteiger partial charge in [-0.3, -0.25) is 0 Å². The second-order valence-electron chi connectivity index (χ2n) is 1.94. The smallest absolute Gasteiger partial charge is 0.194 e. The van der Waals surface area contributed by atoms with E-state index in [1.165, 1.54) is 0 Å². The van der Waals surface area contributed by atoms with Crippen LogP contribution in [0, 0.1) is 17.5 Å². The molecule has 6 heteroatoms. The third kappa shape index (κ3) is 5.02. The van der Waals surface area contributed by atoms with Crippen LogP contribution in [0.2, 0.25) is 0 Å². The molecule has 0 aliphatic carbocycles. The molecule has 2 nitrogen and oxygen atoms in total. The van der Waals surface area contributed by atoms with E-state index in [9.17, 15) is 13.2 Å². The summed E-state index contributed by atoms with van der Waals surface area (Å²) in [5.74, 6) is -3.73. The Morgan fingerprint density at radius 1 is 1.08 bits per heavy atom. The van der Waals surface area contributed by atoms with Crippen molar-refractivity contribution in [1.29, 1.82) is 0 Å². The molecule has 1 rings (SSSR count). The fraction of sp³-hybridized carbons (Fsp3) is 0. The Hall–Kier alpha value is -1.30. The lowest BCUT2D eigenvalue weighted by molar-refractivity contribution is 0.447. The van der Waals surface area contributed by atoms with Crippen LogP contribution in [0.15, 0.2) is 18.2 Å². The molecule has 0 aliphatic heterocycles. The molecule has 0 radical (unpaired) electrons. The van der Waals surface area contributed by atoms with Gasteiger partial charge in [0.25, 0.3) is 0 Å². The van der Waals surface area contributed by atoms with Crippen molar-refractivity contribution in [2.24, 2.45) is 11.5 Å². The predicted octanol–water partition coefficient (Wildman–Crippen LogP) is 1.29. The van der Waals surface area contributed by atoms with E-state index >= 15 is 0 Å². The van der Waals surface area contributed by atoms with Crippen LogP contribution < -0.4 is 11.5 Å². The maximum absolute atomic E-state index is 12.0. The number of thiocarbonyl (C=S) groups is 1. The molecule has 0 saturated heterocycles. The summed E-state index contributed by atoms with van der Waals surface area (Å²) in [5.41, 5.74) is 9.24.